The van der Waals surface area contributed by atoms with Crippen LogP contribution in [0, 0.1) is 5.92 Å². The van der Waals surface area contributed by atoms with Crippen molar-refractivity contribution in [2.75, 3.05) is 18.1 Å². The molecule has 128 valence electrons. The number of rotatable bonds is 6. The van der Waals surface area contributed by atoms with Crippen molar-refractivity contribution in [3.63, 3.8) is 0 Å². The van der Waals surface area contributed by atoms with Gasteiger partial charge >= 0.3 is 0 Å². The third-order valence-corrected chi connectivity index (χ3v) is 5.38. The Kier molecular flexibility index (Phi) is 5.80. The summed E-state index contributed by atoms with van der Waals surface area (Å²) in [7, 11) is 0. The number of carbonyl (C=O) groups is 1. The predicted octanol–water partition coefficient (Wildman–Crippen LogP) is 3.05. The van der Waals surface area contributed by atoms with E-state index >= 15 is 0 Å². The molecule has 0 aliphatic heterocycles. The highest BCUT2D eigenvalue weighted by molar-refractivity contribution is 7.99. The molecule has 1 amide bonds. The Morgan fingerprint density at radius 1 is 1.25 bits per heavy atom. The molecule has 0 unspecified atom stereocenters. The summed E-state index contributed by atoms with van der Waals surface area (Å²) in [5, 5.41) is 3.70. The fraction of sp³-hybridized carbons (Fsp3) is 0.444. The first kappa shape index (κ1) is 16.9. The van der Waals surface area contributed by atoms with Gasteiger partial charge in [0, 0.05) is 12.1 Å². The van der Waals surface area contributed by atoms with Crippen LogP contribution in [0.15, 0.2) is 41.7 Å². The quantitative estimate of drug-likeness (QED) is 0.624. The Bertz CT molecular complexity index is 665. The van der Waals surface area contributed by atoms with Gasteiger partial charge in [-0.05, 0) is 18.8 Å². The number of nitrogens with zero attached hydrogens (tertiary/aromatic N) is 2. The summed E-state index contributed by atoms with van der Waals surface area (Å²) in [4.78, 5) is 16.6. The molecule has 1 aliphatic carbocycles. The second-order valence-corrected chi connectivity index (χ2v) is 7.22. The van der Waals surface area contributed by atoms with Crippen LogP contribution in [0.25, 0.3) is 11.3 Å². The van der Waals surface area contributed by atoms with Gasteiger partial charge in [0.1, 0.15) is 0 Å². The van der Waals surface area contributed by atoms with E-state index in [1.807, 2.05) is 30.3 Å². The van der Waals surface area contributed by atoms with E-state index in [4.69, 9.17) is 5.84 Å². The van der Waals surface area contributed by atoms with Gasteiger partial charge in [0.15, 0.2) is 5.16 Å². The highest BCUT2D eigenvalue weighted by atomic mass is 32.2. The van der Waals surface area contributed by atoms with Gasteiger partial charge < -0.3 is 11.2 Å². The molecule has 1 aliphatic rings. The van der Waals surface area contributed by atoms with Crippen molar-refractivity contribution in [1.82, 2.24) is 15.0 Å². The van der Waals surface area contributed by atoms with Gasteiger partial charge in [-0.2, -0.15) is 0 Å². The zero-order chi connectivity index (χ0) is 16.8. The van der Waals surface area contributed by atoms with Crippen molar-refractivity contribution < 1.29 is 4.79 Å². The Morgan fingerprint density at radius 3 is 2.75 bits per heavy atom. The number of hydrogen-bond acceptors (Lipinski definition) is 4. The van der Waals surface area contributed by atoms with Crippen LogP contribution < -0.4 is 11.2 Å². The summed E-state index contributed by atoms with van der Waals surface area (Å²) in [6.45, 7) is 0.797. The maximum absolute atomic E-state index is 12.0. The number of amides is 1. The molecule has 1 aromatic carbocycles. The van der Waals surface area contributed by atoms with E-state index in [1.54, 1.807) is 6.20 Å². The van der Waals surface area contributed by atoms with Crippen molar-refractivity contribution >= 4 is 17.7 Å². The first-order valence-corrected chi connectivity index (χ1v) is 9.50. The maximum atomic E-state index is 12.0. The van der Waals surface area contributed by atoms with Crippen LogP contribution >= 0.6 is 11.8 Å². The summed E-state index contributed by atoms with van der Waals surface area (Å²) in [5.41, 5.74) is 1.84. The molecule has 6 heteroatoms. The number of nitrogen functional groups attached to an aromatic ring is 1. The van der Waals surface area contributed by atoms with Crippen LogP contribution in [0.3, 0.4) is 0 Å². The average molecular weight is 344 g/mol. The van der Waals surface area contributed by atoms with Gasteiger partial charge in [-0.15, -0.1) is 0 Å². The molecule has 0 spiro atoms. The minimum Gasteiger partial charge on any atom is -0.355 e. The van der Waals surface area contributed by atoms with Gasteiger partial charge in [0.25, 0.3) is 0 Å². The summed E-state index contributed by atoms with van der Waals surface area (Å²) in [6, 6.07) is 9.89. The van der Waals surface area contributed by atoms with Crippen molar-refractivity contribution in [1.29, 1.82) is 0 Å². The lowest BCUT2D eigenvalue weighted by Crippen LogP contribution is -2.31. The van der Waals surface area contributed by atoms with Gasteiger partial charge in [-0.3, -0.25) is 4.79 Å². The van der Waals surface area contributed by atoms with Gasteiger partial charge in [0.2, 0.25) is 5.91 Å². The minimum absolute atomic E-state index is 0.0508. The van der Waals surface area contributed by atoms with E-state index in [0.717, 1.165) is 17.8 Å². The smallest absolute Gasteiger partial charge is 0.230 e. The summed E-state index contributed by atoms with van der Waals surface area (Å²) >= 11 is 1.37. The molecule has 1 fully saturated rings. The number of benzene rings is 1. The molecular formula is C18H24N4OS. The van der Waals surface area contributed by atoms with Crippen LogP contribution in [0.5, 0.6) is 0 Å². The van der Waals surface area contributed by atoms with Gasteiger partial charge in [-0.25, -0.2) is 9.66 Å². The lowest BCUT2D eigenvalue weighted by atomic mass is 9.89. The zero-order valence-electron chi connectivity index (χ0n) is 13.8. The van der Waals surface area contributed by atoms with Crippen molar-refractivity contribution in [3.05, 3.63) is 36.5 Å². The Hall–Kier alpha value is -1.95. The number of nitrogens with one attached hydrogen (secondary N) is 1. The Morgan fingerprint density at radius 2 is 2.00 bits per heavy atom. The lowest BCUT2D eigenvalue weighted by Gasteiger charge is -2.21. The van der Waals surface area contributed by atoms with E-state index in [2.05, 4.69) is 10.3 Å². The number of imidazole rings is 1. The summed E-state index contributed by atoms with van der Waals surface area (Å²) in [5.74, 6) is 7.00. The molecule has 1 heterocycles. The average Bonchev–Trinajstić information content (AvgIpc) is 3.01. The molecule has 5 nitrogen and oxygen atoms in total. The molecule has 24 heavy (non-hydrogen) atoms. The third kappa shape index (κ3) is 4.54. The van der Waals surface area contributed by atoms with Crippen molar-refractivity contribution in [2.45, 2.75) is 37.3 Å². The molecule has 1 aromatic heterocycles. The van der Waals surface area contributed by atoms with Gasteiger partial charge in [0.05, 0.1) is 17.6 Å². The second-order valence-electron chi connectivity index (χ2n) is 6.28. The standard InChI is InChI=1S/C18H24N4OS/c19-22-12-16(15-9-5-2-6-10-15)21-18(22)24-13-17(23)20-11-14-7-3-1-4-8-14/h2,5-6,9-10,12,14H,1,3-4,7-8,11,13,19H2,(H,20,23). The number of carbonyl (C=O) groups excluding carboxylic acids is 1. The molecule has 0 saturated heterocycles. The molecule has 3 N–H and O–H groups in total. The van der Waals surface area contributed by atoms with E-state index < -0.39 is 0 Å². The van der Waals surface area contributed by atoms with E-state index in [-0.39, 0.29) is 5.91 Å². The Balaban J connectivity index is 1.49. The number of aromatic nitrogens is 2. The first-order valence-electron chi connectivity index (χ1n) is 8.52. The van der Waals surface area contributed by atoms with Gasteiger partial charge in [-0.1, -0.05) is 61.4 Å². The van der Waals surface area contributed by atoms with E-state index in [1.165, 1.54) is 48.5 Å². The number of nitrogens with two attached hydrogens (primary N) is 1. The third-order valence-electron chi connectivity index (χ3n) is 4.41. The van der Waals surface area contributed by atoms with Crippen LogP contribution in [0.4, 0.5) is 0 Å². The molecule has 3 rings (SSSR count). The fourth-order valence-corrected chi connectivity index (χ4v) is 3.79. The van der Waals surface area contributed by atoms with Crippen LogP contribution in [0.1, 0.15) is 32.1 Å². The molecule has 0 bridgehead atoms. The van der Waals surface area contributed by atoms with Crippen LogP contribution in [-0.2, 0) is 4.79 Å². The predicted molar refractivity (Wildman–Crippen MR) is 98.1 cm³/mol. The normalized spacial score (nSPS) is 15.3. The summed E-state index contributed by atoms with van der Waals surface area (Å²) in [6.07, 6.45) is 8.19. The Labute approximate surface area is 147 Å². The largest absolute Gasteiger partial charge is 0.355 e. The first-order chi connectivity index (χ1) is 11.7. The number of thioether (sulfide) groups is 1. The van der Waals surface area contributed by atoms with E-state index in [9.17, 15) is 4.79 Å². The highest BCUT2D eigenvalue weighted by Crippen LogP contribution is 2.24. The molecule has 0 radical (unpaired) electrons. The summed E-state index contributed by atoms with van der Waals surface area (Å²) < 4.78 is 1.49. The molecule has 1 saturated carbocycles. The van der Waals surface area contributed by atoms with Crippen LogP contribution in [0.2, 0.25) is 0 Å². The molecule has 2 aromatic rings. The second kappa shape index (κ2) is 8.24. The van der Waals surface area contributed by atoms with Crippen molar-refractivity contribution in [2.24, 2.45) is 5.92 Å². The highest BCUT2D eigenvalue weighted by Gasteiger charge is 2.15. The molecular weight excluding hydrogens is 320 g/mol. The van der Waals surface area contributed by atoms with E-state index in [0.29, 0.717) is 16.8 Å². The minimum atomic E-state index is 0.0508. The monoisotopic (exact) mass is 344 g/mol. The zero-order valence-corrected chi connectivity index (χ0v) is 14.6. The number of hydrogen-bond donors (Lipinski definition) is 2. The molecule has 0 atom stereocenters. The topological polar surface area (TPSA) is 72.9 Å². The lowest BCUT2D eigenvalue weighted by molar-refractivity contribution is -0.118. The SMILES string of the molecule is Nn1cc(-c2ccccc2)nc1SCC(=O)NCC1CCCCC1. The maximum Gasteiger partial charge on any atom is 0.230 e. The van der Waals surface area contributed by atoms with Crippen molar-refractivity contribution in [3.8, 4) is 11.3 Å². The van der Waals surface area contributed by atoms with Crippen LogP contribution in [-0.4, -0.2) is 27.9 Å². The fourth-order valence-electron chi connectivity index (χ4n) is 3.06.